The number of hydrogen-bond donors (Lipinski definition) is 11. The van der Waals surface area contributed by atoms with Crippen LogP contribution in [0, 0.1) is 35.5 Å². The summed E-state index contributed by atoms with van der Waals surface area (Å²) in [7, 11) is 1.50. The number of aliphatic hydroxyl groups excluding tert-OH is 9. The number of carboxylic acids is 1. The topological polar surface area (TPSA) is 313 Å². The quantitative estimate of drug-likeness (QED) is 0.0319. The summed E-state index contributed by atoms with van der Waals surface area (Å²) < 4.78 is 48.7. The fourth-order valence-corrected chi connectivity index (χ4v) is 11.3. The van der Waals surface area contributed by atoms with Gasteiger partial charge in [0, 0.05) is 76.2 Å². The number of allylic oxidation sites excluding steroid dienone is 5. The maximum atomic E-state index is 11.7. The Morgan fingerprint density at radius 2 is 1.27 bits per heavy atom. The van der Waals surface area contributed by atoms with E-state index in [1.165, 1.54) is 7.11 Å². The number of carboxylic acid groups (broad SMARTS) is 1. The van der Waals surface area contributed by atoms with Gasteiger partial charge < -0.3 is 94.1 Å². The normalized spacial score (nSPS) is 37.0. The lowest BCUT2D eigenvalue weighted by Gasteiger charge is -2.46. The van der Waals surface area contributed by atoms with E-state index in [0.29, 0.717) is 38.5 Å². The molecule has 4 rings (SSSR count). The van der Waals surface area contributed by atoms with Crippen molar-refractivity contribution < 1.29 is 98.9 Å². The predicted octanol–water partition coefficient (Wildman–Crippen LogP) is 4.78. The largest absolute Gasteiger partial charge is 0.481 e. The summed E-state index contributed by atoms with van der Waals surface area (Å²) in [5.74, 6) is -4.04. The molecule has 0 aromatic carbocycles. The van der Waals surface area contributed by atoms with E-state index < -0.39 is 152 Å². The zero-order valence-corrected chi connectivity index (χ0v) is 49.0. The molecule has 1 unspecified atom stereocenters. The molecule has 4 heterocycles. The molecule has 0 radical (unpaired) electrons. The van der Waals surface area contributed by atoms with Gasteiger partial charge in [0.1, 0.15) is 18.3 Å². The number of unbranched alkanes of at least 4 members (excludes halogenated alkanes) is 2. The van der Waals surface area contributed by atoms with E-state index in [9.17, 15) is 55.9 Å². The molecule has 20 heteroatoms. The van der Waals surface area contributed by atoms with E-state index in [-0.39, 0.29) is 69.1 Å². The SMILES string of the molecule is CO[C@@H]1C[C@H](O[C@@H](C[C@@H]2C[C@H](O)[C@@H](C)[C@](O)(C[C@H](O)CCCCCC(=O)O)O2)C[C@H](O)/C=C/C=C/C=C/[C@H](C)C(C)C[C@@H](O)[C@H](C)[C@@H](O)[C@@H](C)[C@H](CC(C)C)O[C@H]2C[C@@H](O[C@H]3C[C@@H](O)[C@H](O)[C@@H](C)O3)[C@H](O)[C@@H](C)O2)O[C@H](C)[C@H]1O. The molecule has 11 N–H and O–H groups in total. The molecule has 4 saturated heterocycles. The van der Waals surface area contributed by atoms with Crippen LogP contribution in [0.25, 0.3) is 0 Å². The predicted molar refractivity (Wildman–Crippen MR) is 293 cm³/mol. The molecule has 0 aromatic rings. The average molecular weight is 1130 g/mol. The van der Waals surface area contributed by atoms with Gasteiger partial charge in [0.05, 0.1) is 85.5 Å². The van der Waals surface area contributed by atoms with Crippen LogP contribution in [0.3, 0.4) is 0 Å². The molecule has 20 nitrogen and oxygen atoms in total. The van der Waals surface area contributed by atoms with Crippen LogP contribution in [-0.4, -0.2) is 198 Å². The average Bonchev–Trinajstić information content (AvgIpc) is 3.41. The van der Waals surface area contributed by atoms with Crippen molar-refractivity contribution in [1.29, 1.82) is 0 Å². The van der Waals surface area contributed by atoms with Crippen LogP contribution in [0.5, 0.6) is 0 Å². The molecular formula is C59H104O20. The summed E-state index contributed by atoms with van der Waals surface area (Å²) in [6.07, 6.45) is -1.38. The maximum Gasteiger partial charge on any atom is 0.303 e. The second-order valence-corrected chi connectivity index (χ2v) is 24.1. The van der Waals surface area contributed by atoms with Gasteiger partial charge in [0.2, 0.25) is 0 Å². The second-order valence-electron chi connectivity index (χ2n) is 24.1. The Labute approximate surface area is 470 Å². The molecular weight excluding hydrogens is 1030 g/mol. The molecule has 4 aliphatic rings. The van der Waals surface area contributed by atoms with E-state index in [1.54, 1.807) is 45.9 Å². The summed E-state index contributed by atoms with van der Waals surface area (Å²) in [5, 5.41) is 119. The molecule has 79 heavy (non-hydrogen) atoms. The zero-order valence-electron chi connectivity index (χ0n) is 49.0. The lowest BCUT2D eigenvalue weighted by molar-refractivity contribution is -0.318. The van der Waals surface area contributed by atoms with Crippen molar-refractivity contribution in [1.82, 2.24) is 0 Å². The molecule has 0 spiro atoms. The lowest BCUT2D eigenvalue weighted by atomic mass is 9.80. The molecule has 4 fully saturated rings. The monoisotopic (exact) mass is 1130 g/mol. The molecule has 0 bridgehead atoms. The van der Waals surface area contributed by atoms with Gasteiger partial charge in [-0.3, -0.25) is 4.79 Å². The van der Waals surface area contributed by atoms with Crippen LogP contribution < -0.4 is 0 Å². The Kier molecular flexibility index (Phi) is 29.4. The van der Waals surface area contributed by atoms with Crippen molar-refractivity contribution >= 4 is 5.97 Å². The Hall–Kier alpha value is -2.03. The van der Waals surface area contributed by atoms with Crippen molar-refractivity contribution in [2.24, 2.45) is 35.5 Å². The van der Waals surface area contributed by atoms with Gasteiger partial charge in [-0.25, -0.2) is 0 Å². The van der Waals surface area contributed by atoms with Crippen LogP contribution in [0.15, 0.2) is 36.5 Å². The molecule has 0 amide bonds. The van der Waals surface area contributed by atoms with Gasteiger partial charge in [0.25, 0.3) is 0 Å². The van der Waals surface area contributed by atoms with E-state index in [2.05, 4.69) is 27.7 Å². The molecule has 4 aliphatic heterocycles. The highest BCUT2D eigenvalue weighted by atomic mass is 16.7. The first-order valence-electron chi connectivity index (χ1n) is 29.3. The molecule has 0 saturated carbocycles. The van der Waals surface area contributed by atoms with Crippen LogP contribution in [0.2, 0.25) is 0 Å². The van der Waals surface area contributed by atoms with E-state index in [4.69, 9.17) is 43.0 Å². The fraction of sp³-hybridized carbons (Fsp3) is 0.881. The van der Waals surface area contributed by atoms with Crippen molar-refractivity contribution in [3.8, 4) is 0 Å². The first-order chi connectivity index (χ1) is 37.1. The van der Waals surface area contributed by atoms with Crippen LogP contribution >= 0.6 is 0 Å². The van der Waals surface area contributed by atoms with E-state index in [0.717, 1.165) is 0 Å². The number of aliphatic carboxylic acids is 1. The summed E-state index contributed by atoms with van der Waals surface area (Å²) in [6, 6.07) is 0. The van der Waals surface area contributed by atoms with Gasteiger partial charge in [-0.1, -0.05) is 97.8 Å². The maximum absolute atomic E-state index is 11.7. The lowest BCUT2D eigenvalue weighted by Crippen LogP contribution is -2.55. The summed E-state index contributed by atoms with van der Waals surface area (Å²) in [4.78, 5) is 10.9. The zero-order chi connectivity index (χ0) is 58.9. The van der Waals surface area contributed by atoms with Gasteiger partial charge >= 0.3 is 5.97 Å². The second kappa shape index (κ2) is 33.5. The summed E-state index contributed by atoms with van der Waals surface area (Å²) >= 11 is 0. The first-order valence-corrected chi connectivity index (χ1v) is 29.3. The smallest absolute Gasteiger partial charge is 0.303 e. The fourth-order valence-electron chi connectivity index (χ4n) is 11.3. The summed E-state index contributed by atoms with van der Waals surface area (Å²) in [6.45, 7) is 18.7. The first kappa shape index (κ1) is 69.5. The van der Waals surface area contributed by atoms with Crippen molar-refractivity contribution in [3.63, 3.8) is 0 Å². The number of rotatable bonds is 32. The Morgan fingerprint density at radius 1 is 0.671 bits per heavy atom. The van der Waals surface area contributed by atoms with Crippen LogP contribution in [0.4, 0.5) is 0 Å². The molecule has 0 aliphatic carbocycles. The number of aliphatic hydroxyl groups is 10. The van der Waals surface area contributed by atoms with Gasteiger partial charge in [-0.2, -0.15) is 0 Å². The number of ether oxygens (including phenoxy) is 8. The van der Waals surface area contributed by atoms with Crippen LogP contribution in [-0.2, 0) is 42.7 Å². The Balaban J connectivity index is 1.31. The number of hydrogen-bond acceptors (Lipinski definition) is 19. The van der Waals surface area contributed by atoms with E-state index in [1.807, 2.05) is 32.1 Å². The standard InChI is InChI=1S/C59H104O20/c1-32(2)23-48(77-54-30-50(58(70)40(10)75-54)78-52-28-47(64)56(68)38(8)73-52)36(6)55(67)35(5)45(62)24-34(4)33(3)19-15-12-13-16-20-41(60)25-43(76-53-29-49(72-11)57(69)39(9)74-53)26-44-27-46(63)37(7)59(71,79-44)31-42(61)21-17-14-18-22-51(65)66/h12-13,15-16,19-20,32-50,52-58,60-64,67-71H,14,17-18,21-31H2,1-11H3,(H,65,66)/b13-12+,19-15+,20-16+/t33-,34?,35-,36-,37+,38+,39+,40+,41+,42+,43+,44+,45+,46-,47+,48-,49+,50+,52-,53-,54-,55+,56+,57+,58+,59-/m0/s1. The third-order valence-corrected chi connectivity index (χ3v) is 17.0. The van der Waals surface area contributed by atoms with Crippen LogP contribution in [0.1, 0.15) is 159 Å². The Morgan fingerprint density at radius 3 is 1.89 bits per heavy atom. The number of methoxy groups -OCH3 is 1. The highest BCUT2D eigenvalue weighted by Gasteiger charge is 2.49. The van der Waals surface area contributed by atoms with E-state index >= 15 is 0 Å². The highest BCUT2D eigenvalue weighted by Crippen LogP contribution is 2.40. The minimum absolute atomic E-state index is 0.0431. The van der Waals surface area contributed by atoms with Crippen molar-refractivity contribution in [2.45, 2.75) is 288 Å². The number of carbonyl (C=O) groups is 1. The van der Waals surface area contributed by atoms with Crippen molar-refractivity contribution in [3.05, 3.63) is 36.5 Å². The minimum Gasteiger partial charge on any atom is -0.481 e. The Bertz CT molecular complexity index is 1810. The van der Waals surface area contributed by atoms with Gasteiger partial charge in [-0.05, 0) is 64.2 Å². The summed E-state index contributed by atoms with van der Waals surface area (Å²) in [5.41, 5.74) is 0. The van der Waals surface area contributed by atoms with Gasteiger partial charge in [-0.15, -0.1) is 0 Å². The molecule has 460 valence electrons. The highest BCUT2D eigenvalue weighted by molar-refractivity contribution is 5.66. The molecule has 0 aromatic heterocycles. The minimum atomic E-state index is -1.86. The molecule has 26 atom stereocenters. The third kappa shape index (κ3) is 22.2. The third-order valence-electron chi connectivity index (χ3n) is 17.0. The van der Waals surface area contributed by atoms with Crippen molar-refractivity contribution in [2.75, 3.05) is 7.11 Å². The van der Waals surface area contributed by atoms with Gasteiger partial charge in [0.15, 0.2) is 24.7 Å².